The average Bonchev–Trinajstić information content (AvgIpc) is 2.83. The molecule has 0 bridgehead atoms. The van der Waals surface area contributed by atoms with Gasteiger partial charge in [-0.3, -0.25) is 14.2 Å². The molecule has 1 aliphatic heterocycles. The highest BCUT2D eigenvalue weighted by molar-refractivity contribution is 7.09. The van der Waals surface area contributed by atoms with Gasteiger partial charge in [0.1, 0.15) is 6.54 Å². The Labute approximate surface area is 148 Å². The number of nitrogens with zero attached hydrogens (tertiary/aromatic N) is 2. The zero-order valence-corrected chi connectivity index (χ0v) is 16.0. The molecular weight excluding hydrogens is 320 g/mol. The fourth-order valence-electron chi connectivity index (χ4n) is 4.56. The Bertz CT molecular complexity index is 638. The molecule has 1 aromatic rings. The SMILES string of the molecule is CCC[C@@H]1CCc2c(sc(=O)n2CC(=O)N2[C@H](C)CCC[C@@H]2C)C1. The topological polar surface area (TPSA) is 42.3 Å². The Balaban J connectivity index is 1.76. The van der Waals surface area contributed by atoms with Crippen LogP contribution in [-0.2, 0) is 24.2 Å². The van der Waals surface area contributed by atoms with Gasteiger partial charge in [0.15, 0.2) is 0 Å². The number of hydrogen-bond donors (Lipinski definition) is 0. The summed E-state index contributed by atoms with van der Waals surface area (Å²) in [5.41, 5.74) is 1.14. The van der Waals surface area contributed by atoms with Gasteiger partial charge in [-0.15, -0.1) is 0 Å². The lowest BCUT2D eigenvalue weighted by Gasteiger charge is -2.39. The third kappa shape index (κ3) is 3.46. The zero-order valence-electron chi connectivity index (χ0n) is 15.2. The maximum absolute atomic E-state index is 12.9. The highest BCUT2D eigenvalue weighted by Gasteiger charge is 2.31. The normalized spacial score (nSPS) is 27.1. The molecule has 5 heteroatoms. The van der Waals surface area contributed by atoms with Crippen molar-refractivity contribution < 1.29 is 4.79 Å². The predicted octanol–water partition coefficient (Wildman–Crippen LogP) is 3.60. The number of piperidine rings is 1. The van der Waals surface area contributed by atoms with Crippen molar-refractivity contribution in [2.45, 2.75) is 90.8 Å². The lowest BCUT2D eigenvalue weighted by atomic mass is 9.88. The minimum absolute atomic E-state index is 0.0582. The molecule has 134 valence electrons. The van der Waals surface area contributed by atoms with E-state index in [9.17, 15) is 9.59 Å². The van der Waals surface area contributed by atoms with Crippen molar-refractivity contribution in [3.63, 3.8) is 0 Å². The molecule has 1 aromatic heterocycles. The largest absolute Gasteiger partial charge is 0.336 e. The Hall–Kier alpha value is -1.10. The van der Waals surface area contributed by atoms with E-state index in [1.807, 2.05) is 4.90 Å². The van der Waals surface area contributed by atoms with Gasteiger partial charge in [-0.25, -0.2) is 0 Å². The maximum Gasteiger partial charge on any atom is 0.308 e. The van der Waals surface area contributed by atoms with Gasteiger partial charge in [0.2, 0.25) is 5.91 Å². The first kappa shape index (κ1) is 17.7. The van der Waals surface area contributed by atoms with Gasteiger partial charge < -0.3 is 4.90 Å². The van der Waals surface area contributed by atoms with Crippen LogP contribution in [0.3, 0.4) is 0 Å². The molecule has 4 nitrogen and oxygen atoms in total. The molecule has 0 N–H and O–H groups in total. The molecule has 3 rings (SSSR count). The molecule has 1 fully saturated rings. The van der Waals surface area contributed by atoms with Gasteiger partial charge in [-0.2, -0.15) is 0 Å². The second-order valence-electron chi connectivity index (χ2n) is 7.65. The highest BCUT2D eigenvalue weighted by atomic mass is 32.1. The van der Waals surface area contributed by atoms with Crippen LogP contribution >= 0.6 is 11.3 Å². The van der Waals surface area contributed by atoms with Crippen molar-refractivity contribution in [3.05, 3.63) is 20.2 Å². The highest BCUT2D eigenvalue weighted by Crippen LogP contribution is 2.30. The van der Waals surface area contributed by atoms with Crippen molar-refractivity contribution in [2.24, 2.45) is 5.92 Å². The van der Waals surface area contributed by atoms with Crippen LogP contribution < -0.4 is 4.87 Å². The van der Waals surface area contributed by atoms with Crippen molar-refractivity contribution in [3.8, 4) is 0 Å². The van der Waals surface area contributed by atoms with Gasteiger partial charge in [-0.1, -0.05) is 31.1 Å². The molecule has 0 aromatic carbocycles. The van der Waals surface area contributed by atoms with Crippen LogP contribution in [0.5, 0.6) is 0 Å². The van der Waals surface area contributed by atoms with Crippen LogP contribution in [0.15, 0.2) is 4.79 Å². The van der Waals surface area contributed by atoms with E-state index < -0.39 is 0 Å². The lowest BCUT2D eigenvalue weighted by molar-refractivity contribution is -0.138. The van der Waals surface area contributed by atoms with E-state index in [1.165, 1.54) is 35.5 Å². The second-order valence-corrected chi connectivity index (χ2v) is 8.70. The number of aromatic nitrogens is 1. The van der Waals surface area contributed by atoms with Crippen molar-refractivity contribution >= 4 is 17.2 Å². The number of fused-ring (bicyclic) bond motifs is 1. The Morgan fingerprint density at radius 2 is 1.92 bits per heavy atom. The van der Waals surface area contributed by atoms with Gasteiger partial charge >= 0.3 is 4.87 Å². The molecule has 1 saturated heterocycles. The van der Waals surface area contributed by atoms with Crippen LogP contribution in [0.2, 0.25) is 0 Å². The third-order valence-electron chi connectivity index (χ3n) is 5.81. The summed E-state index contributed by atoms with van der Waals surface area (Å²) in [5, 5.41) is 0. The predicted molar refractivity (Wildman–Crippen MR) is 98.6 cm³/mol. The van der Waals surface area contributed by atoms with E-state index in [2.05, 4.69) is 20.8 Å². The fraction of sp³-hybridized carbons (Fsp3) is 0.789. The molecule has 1 amide bonds. The molecule has 0 unspecified atom stereocenters. The van der Waals surface area contributed by atoms with Crippen LogP contribution in [0.4, 0.5) is 0 Å². The molecule has 1 aliphatic carbocycles. The van der Waals surface area contributed by atoms with Gasteiger partial charge in [0.05, 0.1) is 0 Å². The average molecular weight is 351 g/mol. The van der Waals surface area contributed by atoms with Crippen molar-refractivity contribution in [1.29, 1.82) is 0 Å². The molecule has 0 radical (unpaired) electrons. The van der Waals surface area contributed by atoms with Gasteiger partial charge in [0.25, 0.3) is 0 Å². The molecular formula is C19H30N2O2S. The van der Waals surface area contributed by atoms with E-state index in [-0.39, 0.29) is 17.3 Å². The molecule has 24 heavy (non-hydrogen) atoms. The summed E-state index contributed by atoms with van der Waals surface area (Å²) in [6.45, 7) is 6.73. The molecule has 3 atom stereocenters. The summed E-state index contributed by atoms with van der Waals surface area (Å²) < 4.78 is 1.78. The van der Waals surface area contributed by atoms with Crippen LogP contribution in [0.1, 0.15) is 69.9 Å². The number of hydrogen-bond acceptors (Lipinski definition) is 3. The molecule has 0 saturated carbocycles. The molecule has 0 spiro atoms. The minimum Gasteiger partial charge on any atom is -0.336 e. The minimum atomic E-state index is 0.0582. The maximum atomic E-state index is 12.9. The summed E-state index contributed by atoms with van der Waals surface area (Å²) in [7, 11) is 0. The zero-order chi connectivity index (χ0) is 17.3. The number of amides is 1. The van der Waals surface area contributed by atoms with Crippen LogP contribution in [0, 0.1) is 5.92 Å². The van der Waals surface area contributed by atoms with E-state index in [0.717, 1.165) is 37.8 Å². The number of rotatable bonds is 4. The van der Waals surface area contributed by atoms with Crippen molar-refractivity contribution in [1.82, 2.24) is 9.47 Å². The monoisotopic (exact) mass is 350 g/mol. The van der Waals surface area contributed by atoms with E-state index in [4.69, 9.17) is 0 Å². The van der Waals surface area contributed by atoms with E-state index in [0.29, 0.717) is 18.0 Å². The van der Waals surface area contributed by atoms with E-state index >= 15 is 0 Å². The molecule has 2 aliphatic rings. The number of likely N-dealkylation sites (tertiary alicyclic amines) is 1. The first-order chi connectivity index (χ1) is 11.5. The fourth-order valence-corrected chi connectivity index (χ4v) is 5.71. The van der Waals surface area contributed by atoms with E-state index in [1.54, 1.807) is 4.57 Å². The summed E-state index contributed by atoms with van der Waals surface area (Å²) >= 11 is 1.37. The number of thiazole rings is 1. The number of carbonyl (C=O) groups is 1. The summed E-state index contributed by atoms with van der Waals surface area (Å²) in [6.07, 6.45) is 8.93. The Morgan fingerprint density at radius 1 is 1.21 bits per heavy atom. The summed E-state index contributed by atoms with van der Waals surface area (Å²) in [6, 6.07) is 0.584. The standard InChI is InChI=1S/C19H30N2O2S/c1-4-6-15-9-10-16-17(11-15)24-19(23)20(16)12-18(22)21-13(2)7-5-8-14(21)3/h13-15H,4-12H2,1-3H3/t13-,14+,15-/m1/s1. The van der Waals surface area contributed by atoms with Gasteiger partial charge in [0, 0.05) is 22.7 Å². The van der Waals surface area contributed by atoms with Crippen LogP contribution in [0.25, 0.3) is 0 Å². The van der Waals surface area contributed by atoms with Gasteiger partial charge in [-0.05, 0) is 58.3 Å². The first-order valence-electron chi connectivity index (χ1n) is 9.53. The summed E-state index contributed by atoms with van der Waals surface area (Å²) in [5.74, 6) is 0.833. The Morgan fingerprint density at radius 3 is 2.58 bits per heavy atom. The quantitative estimate of drug-likeness (QED) is 0.832. The molecule has 2 heterocycles. The van der Waals surface area contributed by atoms with Crippen LogP contribution in [-0.4, -0.2) is 27.5 Å². The third-order valence-corrected chi connectivity index (χ3v) is 6.86. The number of carbonyl (C=O) groups excluding carboxylic acids is 1. The lowest BCUT2D eigenvalue weighted by Crippen LogP contribution is -2.49. The Kier molecular flexibility index (Phi) is 5.48. The smallest absolute Gasteiger partial charge is 0.308 e. The summed E-state index contributed by atoms with van der Waals surface area (Å²) in [4.78, 5) is 28.6. The van der Waals surface area contributed by atoms with Crippen molar-refractivity contribution in [2.75, 3.05) is 0 Å². The first-order valence-corrected chi connectivity index (χ1v) is 10.4. The second kappa shape index (κ2) is 7.42.